The molecule has 0 radical (unpaired) electrons. The Labute approximate surface area is 177 Å². The van der Waals surface area contributed by atoms with Crippen LogP contribution in [0.3, 0.4) is 0 Å². The summed E-state index contributed by atoms with van der Waals surface area (Å²) in [4.78, 5) is 29.6. The molecule has 0 spiro atoms. The van der Waals surface area contributed by atoms with Crippen LogP contribution in [0.15, 0.2) is 29.6 Å². The molecule has 0 saturated carbocycles. The third kappa shape index (κ3) is 8.33. The van der Waals surface area contributed by atoms with E-state index in [0.29, 0.717) is 19.5 Å². The molecule has 0 fully saturated rings. The van der Waals surface area contributed by atoms with Gasteiger partial charge in [-0.2, -0.15) is 0 Å². The molecule has 2 amide bonds. The van der Waals surface area contributed by atoms with Crippen molar-refractivity contribution in [2.75, 3.05) is 18.9 Å². The summed E-state index contributed by atoms with van der Waals surface area (Å²) in [6.45, 7) is 7.19. The minimum atomic E-state index is 0.0570. The van der Waals surface area contributed by atoms with Gasteiger partial charge in [0.1, 0.15) is 11.6 Å². The molecule has 0 aliphatic heterocycles. The maximum atomic E-state index is 11.9. The molecule has 1 heterocycles. The Balaban J connectivity index is 1.88. The van der Waals surface area contributed by atoms with Gasteiger partial charge in [0.25, 0.3) is 5.91 Å². The average molecular weight is 418 g/mol. The summed E-state index contributed by atoms with van der Waals surface area (Å²) >= 11 is 1.61. The van der Waals surface area contributed by atoms with Crippen molar-refractivity contribution < 1.29 is 14.5 Å². The molecule has 0 aliphatic carbocycles. The number of nitrogens with one attached hydrogen (secondary N) is 3. The summed E-state index contributed by atoms with van der Waals surface area (Å²) in [6, 6.07) is 7.95. The summed E-state index contributed by atoms with van der Waals surface area (Å²) in [6.07, 6.45) is 3.69. The Kier molecular flexibility index (Phi) is 9.28. The van der Waals surface area contributed by atoms with Gasteiger partial charge >= 0.3 is 0 Å². The number of quaternary nitrogens is 1. The highest BCUT2D eigenvalue weighted by Gasteiger charge is 2.14. The second-order valence-electron chi connectivity index (χ2n) is 7.74. The number of anilines is 1. The molecule has 1 aromatic heterocycles. The first kappa shape index (κ1) is 23.0. The first-order valence-electron chi connectivity index (χ1n) is 10.3. The van der Waals surface area contributed by atoms with Crippen molar-refractivity contribution in [2.24, 2.45) is 0 Å². The van der Waals surface area contributed by atoms with Crippen LogP contribution in [0.25, 0.3) is 11.3 Å². The number of aromatic nitrogens is 1. The van der Waals surface area contributed by atoms with Crippen LogP contribution < -0.4 is 15.5 Å². The van der Waals surface area contributed by atoms with E-state index in [2.05, 4.69) is 17.6 Å². The zero-order valence-electron chi connectivity index (χ0n) is 17.9. The molecule has 6 nitrogen and oxygen atoms in total. The standard InChI is InChI=1S/C22H32N4O2S/c1-5-6-7-8-20(27)24-18-11-9-17(10-12-18)19-15-29-22(25-19)14-26(4)13-21(28)23-16(2)3/h9-12,15-16H,5-8,13-14H2,1-4H3,(H,23,28)(H,24,27)/p+1. The predicted octanol–water partition coefficient (Wildman–Crippen LogP) is 2.87. The Morgan fingerprint density at radius 1 is 1.14 bits per heavy atom. The van der Waals surface area contributed by atoms with Crippen LogP contribution in [0.4, 0.5) is 5.69 Å². The van der Waals surface area contributed by atoms with Gasteiger partial charge in [-0.3, -0.25) is 9.59 Å². The highest BCUT2D eigenvalue weighted by atomic mass is 32.1. The Morgan fingerprint density at radius 2 is 1.86 bits per heavy atom. The van der Waals surface area contributed by atoms with Gasteiger partial charge in [-0.25, -0.2) is 4.98 Å². The van der Waals surface area contributed by atoms with Gasteiger partial charge in [-0.05, 0) is 32.4 Å². The number of carbonyl (C=O) groups is 2. The number of amides is 2. The molecule has 3 N–H and O–H groups in total. The molecule has 0 saturated heterocycles. The second kappa shape index (κ2) is 11.7. The molecule has 0 bridgehead atoms. The van der Waals surface area contributed by atoms with E-state index < -0.39 is 0 Å². The summed E-state index contributed by atoms with van der Waals surface area (Å²) in [5.74, 6) is 0.122. The van der Waals surface area contributed by atoms with Gasteiger partial charge in [0.2, 0.25) is 5.91 Å². The second-order valence-corrected chi connectivity index (χ2v) is 8.68. The smallest absolute Gasteiger partial charge is 0.275 e. The van der Waals surface area contributed by atoms with E-state index in [1.807, 2.05) is 50.5 Å². The minimum absolute atomic E-state index is 0.0570. The predicted molar refractivity (Wildman–Crippen MR) is 119 cm³/mol. The zero-order chi connectivity index (χ0) is 21.2. The number of benzene rings is 1. The number of rotatable bonds is 11. The molecule has 0 aliphatic rings. The van der Waals surface area contributed by atoms with E-state index in [9.17, 15) is 9.59 Å². The average Bonchev–Trinajstić information content (AvgIpc) is 3.10. The molecule has 7 heteroatoms. The first-order valence-corrected chi connectivity index (χ1v) is 11.2. The van der Waals surface area contributed by atoms with Crippen LogP contribution >= 0.6 is 11.3 Å². The molecule has 1 unspecified atom stereocenters. The van der Waals surface area contributed by atoms with Gasteiger partial charge in [0, 0.05) is 29.1 Å². The molecule has 1 aromatic carbocycles. The Morgan fingerprint density at radius 3 is 2.52 bits per heavy atom. The lowest BCUT2D eigenvalue weighted by molar-refractivity contribution is -0.885. The van der Waals surface area contributed by atoms with E-state index in [0.717, 1.165) is 46.1 Å². The van der Waals surface area contributed by atoms with E-state index in [1.165, 1.54) is 0 Å². The van der Waals surface area contributed by atoms with Crippen molar-refractivity contribution >= 4 is 28.8 Å². The zero-order valence-corrected chi connectivity index (χ0v) is 18.7. The highest BCUT2D eigenvalue weighted by Crippen LogP contribution is 2.23. The van der Waals surface area contributed by atoms with Crippen LogP contribution in [0.2, 0.25) is 0 Å². The summed E-state index contributed by atoms with van der Waals surface area (Å²) in [5.41, 5.74) is 2.75. The lowest BCUT2D eigenvalue weighted by Crippen LogP contribution is -3.09. The van der Waals surface area contributed by atoms with Crippen LogP contribution in [0, 0.1) is 0 Å². The van der Waals surface area contributed by atoms with Crippen molar-refractivity contribution in [1.29, 1.82) is 0 Å². The van der Waals surface area contributed by atoms with Gasteiger partial charge in [-0.1, -0.05) is 31.9 Å². The maximum Gasteiger partial charge on any atom is 0.275 e. The number of likely N-dealkylation sites (N-methyl/N-ethyl adjacent to an activating group) is 1. The van der Waals surface area contributed by atoms with Gasteiger partial charge in [-0.15, -0.1) is 11.3 Å². The Hall–Kier alpha value is -2.25. The normalized spacial score (nSPS) is 12.0. The fraction of sp³-hybridized carbons (Fsp3) is 0.500. The summed E-state index contributed by atoms with van der Waals surface area (Å²) in [5, 5.41) is 8.90. The van der Waals surface area contributed by atoms with Crippen LogP contribution in [0.5, 0.6) is 0 Å². The van der Waals surface area contributed by atoms with E-state index in [4.69, 9.17) is 4.98 Å². The van der Waals surface area contributed by atoms with Gasteiger partial charge < -0.3 is 15.5 Å². The molecule has 2 rings (SSSR count). The largest absolute Gasteiger partial charge is 0.349 e. The number of nitrogens with zero attached hydrogens (tertiary/aromatic N) is 1. The van der Waals surface area contributed by atoms with Crippen LogP contribution in [0.1, 0.15) is 51.5 Å². The van der Waals surface area contributed by atoms with E-state index >= 15 is 0 Å². The third-order valence-corrected chi connectivity index (χ3v) is 5.24. The van der Waals surface area contributed by atoms with Crippen molar-refractivity contribution in [3.63, 3.8) is 0 Å². The molecule has 29 heavy (non-hydrogen) atoms. The lowest BCUT2D eigenvalue weighted by Gasteiger charge is -2.13. The minimum Gasteiger partial charge on any atom is -0.349 e. The molecule has 2 aromatic rings. The topological polar surface area (TPSA) is 75.5 Å². The summed E-state index contributed by atoms with van der Waals surface area (Å²) in [7, 11) is 2.00. The number of hydrogen-bond donors (Lipinski definition) is 3. The van der Waals surface area contributed by atoms with Gasteiger partial charge in [0.05, 0.1) is 12.7 Å². The van der Waals surface area contributed by atoms with Gasteiger partial charge in [0.15, 0.2) is 6.54 Å². The quantitative estimate of drug-likeness (QED) is 0.492. The lowest BCUT2D eigenvalue weighted by atomic mass is 10.1. The van der Waals surface area contributed by atoms with Crippen molar-refractivity contribution in [1.82, 2.24) is 10.3 Å². The SMILES string of the molecule is CCCCCC(=O)Nc1ccc(-c2csc(C[NH+](C)CC(=O)NC(C)C)n2)cc1. The Bertz CT molecular complexity index is 786. The fourth-order valence-electron chi connectivity index (χ4n) is 2.98. The third-order valence-electron chi connectivity index (χ3n) is 4.39. The molecular formula is C22H33N4O2S+. The summed E-state index contributed by atoms with van der Waals surface area (Å²) < 4.78 is 0. The first-order chi connectivity index (χ1) is 13.9. The van der Waals surface area contributed by atoms with Crippen molar-refractivity contribution in [3.05, 3.63) is 34.7 Å². The number of unbranched alkanes of at least 4 members (excludes halogenated alkanes) is 2. The molecule has 158 valence electrons. The maximum absolute atomic E-state index is 11.9. The molecule has 1 atom stereocenters. The van der Waals surface area contributed by atoms with Crippen molar-refractivity contribution in [3.8, 4) is 11.3 Å². The van der Waals surface area contributed by atoms with E-state index in [-0.39, 0.29) is 17.9 Å². The van der Waals surface area contributed by atoms with Crippen LogP contribution in [-0.4, -0.2) is 36.4 Å². The highest BCUT2D eigenvalue weighted by molar-refractivity contribution is 7.09. The monoisotopic (exact) mass is 417 g/mol. The fourth-order valence-corrected chi connectivity index (χ4v) is 3.89. The van der Waals surface area contributed by atoms with E-state index in [1.54, 1.807) is 11.3 Å². The molecular weight excluding hydrogens is 384 g/mol. The number of thiazole rings is 1. The number of hydrogen-bond acceptors (Lipinski definition) is 4. The van der Waals surface area contributed by atoms with Crippen molar-refractivity contribution in [2.45, 2.75) is 59.0 Å². The number of carbonyl (C=O) groups excluding carboxylic acids is 2. The van der Waals surface area contributed by atoms with Crippen LogP contribution in [-0.2, 0) is 16.1 Å².